The molecule has 31 heavy (non-hydrogen) atoms. The number of carbonyl (C=O) groups is 2. The summed E-state index contributed by atoms with van der Waals surface area (Å²) >= 11 is 0. The SMILES string of the molecule is COc1ccc(CN(C(C)=O)C(Cc2ccccc2)C(=O)NCc2ccccc2)cc1. The van der Waals surface area contributed by atoms with Gasteiger partial charge in [-0.3, -0.25) is 9.59 Å². The molecule has 1 N–H and O–H groups in total. The first kappa shape index (κ1) is 22.1. The molecule has 5 nitrogen and oxygen atoms in total. The number of rotatable bonds is 9. The normalized spacial score (nSPS) is 11.4. The van der Waals surface area contributed by atoms with Crippen LogP contribution in [-0.2, 0) is 29.1 Å². The van der Waals surface area contributed by atoms with Gasteiger partial charge in [0.2, 0.25) is 11.8 Å². The number of ether oxygens (including phenoxy) is 1. The first-order chi connectivity index (χ1) is 15.1. The molecule has 2 amide bonds. The summed E-state index contributed by atoms with van der Waals surface area (Å²) in [7, 11) is 1.61. The summed E-state index contributed by atoms with van der Waals surface area (Å²) in [5, 5.41) is 3.01. The summed E-state index contributed by atoms with van der Waals surface area (Å²) in [4.78, 5) is 27.5. The van der Waals surface area contributed by atoms with E-state index in [1.807, 2.05) is 84.9 Å². The van der Waals surface area contributed by atoms with Gasteiger partial charge in [-0.15, -0.1) is 0 Å². The Morgan fingerprint density at radius 2 is 1.42 bits per heavy atom. The van der Waals surface area contributed by atoms with Gasteiger partial charge in [0.1, 0.15) is 11.8 Å². The van der Waals surface area contributed by atoms with Crippen molar-refractivity contribution in [3.63, 3.8) is 0 Å². The minimum Gasteiger partial charge on any atom is -0.497 e. The summed E-state index contributed by atoms with van der Waals surface area (Å²) < 4.78 is 5.22. The Balaban J connectivity index is 1.81. The number of nitrogens with zero attached hydrogens (tertiary/aromatic N) is 1. The van der Waals surface area contributed by atoms with Gasteiger partial charge in [0.25, 0.3) is 0 Å². The highest BCUT2D eigenvalue weighted by Crippen LogP contribution is 2.17. The molecule has 0 saturated heterocycles. The van der Waals surface area contributed by atoms with Gasteiger partial charge in [-0.2, -0.15) is 0 Å². The summed E-state index contributed by atoms with van der Waals surface area (Å²) in [5.41, 5.74) is 2.95. The minimum atomic E-state index is -0.620. The molecule has 1 atom stereocenters. The minimum absolute atomic E-state index is 0.147. The van der Waals surface area contributed by atoms with Crippen LogP contribution in [0.5, 0.6) is 5.75 Å². The average molecular weight is 417 g/mol. The van der Waals surface area contributed by atoms with E-state index in [9.17, 15) is 9.59 Å². The Labute approximate surface area is 183 Å². The molecule has 3 aromatic rings. The van der Waals surface area contributed by atoms with Crippen molar-refractivity contribution in [1.82, 2.24) is 10.2 Å². The first-order valence-corrected chi connectivity index (χ1v) is 10.3. The Hall–Kier alpha value is -3.60. The zero-order valence-corrected chi connectivity index (χ0v) is 18.0. The largest absolute Gasteiger partial charge is 0.497 e. The van der Waals surface area contributed by atoms with E-state index in [1.165, 1.54) is 6.92 Å². The third-order valence-corrected chi connectivity index (χ3v) is 5.18. The second-order valence-corrected chi connectivity index (χ2v) is 7.40. The summed E-state index contributed by atoms with van der Waals surface area (Å²) in [6, 6.07) is 26.4. The standard InChI is InChI=1S/C26H28N2O3/c1-20(29)28(19-23-13-15-24(31-2)16-14-23)25(17-21-9-5-3-6-10-21)26(30)27-18-22-11-7-4-8-12-22/h3-16,25H,17-19H2,1-2H3,(H,27,30). The van der Waals surface area contributed by atoms with Crippen LogP contribution in [0.15, 0.2) is 84.9 Å². The predicted molar refractivity (Wildman–Crippen MR) is 121 cm³/mol. The lowest BCUT2D eigenvalue weighted by Crippen LogP contribution is -2.49. The molecule has 0 aliphatic heterocycles. The number of nitrogens with one attached hydrogen (secondary N) is 1. The van der Waals surface area contributed by atoms with E-state index in [-0.39, 0.29) is 11.8 Å². The van der Waals surface area contributed by atoms with Crippen LogP contribution >= 0.6 is 0 Å². The number of carbonyl (C=O) groups excluding carboxylic acids is 2. The van der Waals surface area contributed by atoms with Crippen LogP contribution in [0.2, 0.25) is 0 Å². The van der Waals surface area contributed by atoms with E-state index < -0.39 is 6.04 Å². The Morgan fingerprint density at radius 3 is 1.97 bits per heavy atom. The number of benzene rings is 3. The third kappa shape index (κ3) is 6.44. The maximum atomic E-state index is 13.2. The number of hydrogen-bond acceptors (Lipinski definition) is 3. The number of methoxy groups -OCH3 is 1. The molecule has 0 aliphatic carbocycles. The first-order valence-electron chi connectivity index (χ1n) is 10.3. The monoisotopic (exact) mass is 416 g/mol. The molecule has 0 bridgehead atoms. The van der Waals surface area contributed by atoms with Gasteiger partial charge < -0.3 is 15.0 Å². The van der Waals surface area contributed by atoms with E-state index >= 15 is 0 Å². The molecule has 0 spiro atoms. The topological polar surface area (TPSA) is 58.6 Å². The van der Waals surface area contributed by atoms with Crippen molar-refractivity contribution in [2.75, 3.05) is 7.11 Å². The molecule has 160 valence electrons. The molecule has 5 heteroatoms. The fourth-order valence-corrected chi connectivity index (χ4v) is 3.45. The van der Waals surface area contributed by atoms with Gasteiger partial charge in [0.05, 0.1) is 7.11 Å². The van der Waals surface area contributed by atoms with Crippen LogP contribution in [-0.4, -0.2) is 29.9 Å². The predicted octanol–water partition coefficient (Wildman–Crippen LogP) is 3.97. The van der Waals surface area contributed by atoms with E-state index in [0.29, 0.717) is 19.5 Å². The second kappa shape index (κ2) is 11.0. The van der Waals surface area contributed by atoms with Crippen molar-refractivity contribution < 1.29 is 14.3 Å². The van der Waals surface area contributed by atoms with Gasteiger partial charge in [-0.1, -0.05) is 72.8 Å². The zero-order chi connectivity index (χ0) is 22.1. The van der Waals surface area contributed by atoms with Crippen LogP contribution in [0.25, 0.3) is 0 Å². The van der Waals surface area contributed by atoms with Crippen LogP contribution in [0.4, 0.5) is 0 Å². The van der Waals surface area contributed by atoms with Gasteiger partial charge >= 0.3 is 0 Å². The van der Waals surface area contributed by atoms with Crippen molar-refractivity contribution in [1.29, 1.82) is 0 Å². The summed E-state index contributed by atoms with van der Waals surface area (Å²) in [6.07, 6.45) is 0.442. The van der Waals surface area contributed by atoms with E-state index in [1.54, 1.807) is 12.0 Å². The quantitative estimate of drug-likeness (QED) is 0.574. The van der Waals surface area contributed by atoms with Gasteiger partial charge in [0, 0.05) is 26.4 Å². The van der Waals surface area contributed by atoms with Gasteiger partial charge in [-0.05, 0) is 28.8 Å². The van der Waals surface area contributed by atoms with Crippen molar-refractivity contribution in [2.24, 2.45) is 0 Å². The summed E-state index contributed by atoms with van der Waals surface area (Å²) in [6.45, 7) is 2.26. The van der Waals surface area contributed by atoms with Crippen LogP contribution in [0.1, 0.15) is 23.6 Å². The maximum Gasteiger partial charge on any atom is 0.243 e. The van der Waals surface area contributed by atoms with Crippen molar-refractivity contribution >= 4 is 11.8 Å². The lowest BCUT2D eigenvalue weighted by atomic mass is 10.0. The Morgan fingerprint density at radius 1 is 0.839 bits per heavy atom. The fourth-order valence-electron chi connectivity index (χ4n) is 3.45. The van der Waals surface area contributed by atoms with Crippen molar-refractivity contribution in [3.05, 3.63) is 102 Å². The molecule has 3 aromatic carbocycles. The Kier molecular flexibility index (Phi) is 7.82. The van der Waals surface area contributed by atoms with E-state index in [4.69, 9.17) is 4.74 Å². The summed E-state index contributed by atoms with van der Waals surface area (Å²) in [5.74, 6) is 0.433. The van der Waals surface area contributed by atoms with Gasteiger partial charge in [0.15, 0.2) is 0 Å². The molecule has 1 unspecified atom stereocenters. The highest BCUT2D eigenvalue weighted by molar-refractivity contribution is 5.87. The lowest BCUT2D eigenvalue weighted by Gasteiger charge is -2.30. The third-order valence-electron chi connectivity index (χ3n) is 5.18. The fraction of sp³-hybridized carbons (Fsp3) is 0.231. The molecular weight excluding hydrogens is 388 g/mol. The van der Waals surface area contributed by atoms with Gasteiger partial charge in [-0.25, -0.2) is 0 Å². The average Bonchev–Trinajstić information content (AvgIpc) is 2.81. The van der Waals surface area contributed by atoms with E-state index in [0.717, 1.165) is 22.4 Å². The number of hydrogen-bond donors (Lipinski definition) is 1. The highest BCUT2D eigenvalue weighted by Gasteiger charge is 2.28. The molecule has 0 fully saturated rings. The van der Waals surface area contributed by atoms with E-state index in [2.05, 4.69) is 5.32 Å². The van der Waals surface area contributed by atoms with Crippen molar-refractivity contribution in [3.8, 4) is 5.75 Å². The molecule has 0 saturated carbocycles. The molecule has 0 aromatic heterocycles. The van der Waals surface area contributed by atoms with Crippen LogP contribution in [0.3, 0.4) is 0 Å². The molecular formula is C26H28N2O3. The molecule has 0 aliphatic rings. The molecule has 0 radical (unpaired) electrons. The van der Waals surface area contributed by atoms with Crippen LogP contribution < -0.4 is 10.1 Å². The smallest absolute Gasteiger partial charge is 0.243 e. The maximum absolute atomic E-state index is 13.2. The zero-order valence-electron chi connectivity index (χ0n) is 18.0. The van der Waals surface area contributed by atoms with Crippen LogP contribution in [0, 0.1) is 0 Å². The molecule has 0 heterocycles. The highest BCUT2D eigenvalue weighted by atomic mass is 16.5. The molecule has 3 rings (SSSR count). The second-order valence-electron chi connectivity index (χ2n) is 7.40. The number of amides is 2. The lowest BCUT2D eigenvalue weighted by molar-refractivity contribution is -0.139. The van der Waals surface area contributed by atoms with Crippen molar-refractivity contribution in [2.45, 2.75) is 32.5 Å². The Bertz CT molecular complexity index is 973.